The first-order valence-electron chi connectivity index (χ1n) is 7.94. The number of carbonyl (C=O) groups is 1. The average Bonchev–Trinajstić information content (AvgIpc) is 2.72. The van der Waals surface area contributed by atoms with Crippen molar-refractivity contribution in [2.45, 2.75) is 57.9 Å². The van der Waals surface area contributed by atoms with E-state index < -0.39 is 0 Å². The Hall–Kier alpha value is -0.870. The van der Waals surface area contributed by atoms with Crippen LogP contribution in [0.1, 0.15) is 50.5 Å². The fourth-order valence-electron chi connectivity index (χ4n) is 2.82. The third-order valence-electron chi connectivity index (χ3n) is 4.08. The van der Waals surface area contributed by atoms with Crippen molar-refractivity contribution in [1.82, 2.24) is 5.32 Å². The monoisotopic (exact) mass is 352 g/mol. The van der Waals surface area contributed by atoms with E-state index in [1.807, 2.05) is 25.1 Å². The number of nitrogens with one attached hydrogen (secondary N) is 2. The number of benzene rings is 1. The Morgan fingerprint density at radius 1 is 1.24 bits per heavy atom. The van der Waals surface area contributed by atoms with E-state index in [0.717, 1.165) is 22.3 Å². The van der Waals surface area contributed by atoms with Crippen LogP contribution in [0, 0.1) is 6.92 Å². The molecule has 0 heterocycles. The summed E-state index contributed by atoms with van der Waals surface area (Å²) < 4.78 is 1.07. The largest absolute Gasteiger partial charge is 0.326 e. The van der Waals surface area contributed by atoms with E-state index >= 15 is 0 Å². The van der Waals surface area contributed by atoms with Gasteiger partial charge < -0.3 is 10.6 Å². The molecule has 21 heavy (non-hydrogen) atoms. The highest BCUT2D eigenvalue weighted by Gasteiger charge is 2.12. The summed E-state index contributed by atoms with van der Waals surface area (Å²) in [6.45, 7) is 2.79. The maximum absolute atomic E-state index is 12.0. The first-order valence-corrected chi connectivity index (χ1v) is 8.74. The molecule has 1 aromatic rings. The van der Waals surface area contributed by atoms with E-state index in [9.17, 15) is 4.79 Å². The lowest BCUT2D eigenvalue weighted by atomic mass is 10.1. The molecule has 0 spiro atoms. The topological polar surface area (TPSA) is 41.1 Å². The van der Waals surface area contributed by atoms with Gasteiger partial charge in [0.15, 0.2) is 0 Å². The predicted octanol–water partition coefficient (Wildman–Crippen LogP) is 4.40. The van der Waals surface area contributed by atoms with Crippen molar-refractivity contribution in [3.05, 3.63) is 28.2 Å². The van der Waals surface area contributed by atoms with Crippen LogP contribution in [0.3, 0.4) is 0 Å². The van der Waals surface area contributed by atoms with Gasteiger partial charge in [-0.2, -0.15) is 0 Å². The van der Waals surface area contributed by atoms with Crippen molar-refractivity contribution < 1.29 is 4.79 Å². The van der Waals surface area contributed by atoms with E-state index in [1.54, 1.807) is 0 Å². The fraction of sp³-hybridized carbons (Fsp3) is 0.588. The predicted molar refractivity (Wildman–Crippen MR) is 91.6 cm³/mol. The van der Waals surface area contributed by atoms with Crippen LogP contribution in [-0.4, -0.2) is 18.5 Å². The minimum absolute atomic E-state index is 0.0813. The highest BCUT2D eigenvalue weighted by molar-refractivity contribution is 9.10. The Bertz CT molecular complexity index is 468. The van der Waals surface area contributed by atoms with Crippen molar-refractivity contribution in [3.63, 3.8) is 0 Å². The minimum atomic E-state index is 0.0813. The summed E-state index contributed by atoms with van der Waals surface area (Å²) >= 11 is 3.47. The van der Waals surface area contributed by atoms with Gasteiger partial charge in [0.1, 0.15) is 0 Å². The summed E-state index contributed by atoms with van der Waals surface area (Å²) in [5.41, 5.74) is 2.00. The van der Waals surface area contributed by atoms with Crippen molar-refractivity contribution in [3.8, 4) is 0 Å². The smallest absolute Gasteiger partial charge is 0.225 e. The number of carbonyl (C=O) groups excluding carboxylic acids is 1. The van der Waals surface area contributed by atoms with Gasteiger partial charge in [0.25, 0.3) is 0 Å². The second-order valence-corrected chi connectivity index (χ2v) is 6.76. The lowest BCUT2D eigenvalue weighted by Gasteiger charge is -2.16. The fourth-order valence-corrected chi connectivity index (χ4v) is 3.07. The molecule has 2 rings (SSSR count). The molecule has 0 atom stereocenters. The Kier molecular flexibility index (Phi) is 6.71. The van der Waals surface area contributed by atoms with Gasteiger partial charge in [0.05, 0.1) is 0 Å². The molecule has 0 radical (unpaired) electrons. The lowest BCUT2D eigenvalue weighted by molar-refractivity contribution is -0.116. The van der Waals surface area contributed by atoms with Gasteiger partial charge in [-0.3, -0.25) is 4.79 Å². The van der Waals surface area contributed by atoms with Crippen LogP contribution in [0.4, 0.5) is 5.69 Å². The summed E-state index contributed by atoms with van der Waals surface area (Å²) in [4.78, 5) is 12.0. The molecular weight excluding hydrogens is 328 g/mol. The van der Waals surface area contributed by atoms with Gasteiger partial charge in [-0.25, -0.2) is 0 Å². The maximum atomic E-state index is 12.0. The van der Waals surface area contributed by atoms with E-state index in [-0.39, 0.29) is 5.91 Å². The first kappa shape index (κ1) is 16.5. The summed E-state index contributed by atoms with van der Waals surface area (Å²) in [5, 5.41) is 6.49. The van der Waals surface area contributed by atoms with E-state index in [2.05, 4.69) is 26.6 Å². The maximum Gasteiger partial charge on any atom is 0.225 e. The highest BCUT2D eigenvalue weighted by atomic mass is 79.9. The van der Waals surface area contributed by atoms with Crippen LogP contribution in [0.15, 0.2) is 22.7 Å². The van der Waals surface area contributed by atoms with Crippen LogP contribution < -0.4 is 10.6 Å². The number of anilines is 1. The Balaban J connectivity index is 1.70. The lowest BCUT2D eigenvalue weighted by Crippen LogP contribution is -2.31. The number of hydrogen-bond acceptors (Lipinski definition) is 2. The SMILES string of the molecule is Cc1cc(NC(=O)CCNC2CCCCCC2)ccc1Br. The summed E-state index contributed by atoms with van der Waals surface area (Å²) in [6, 6.07) is 6.48. The number of aryl methyl sites for hydroxylation is 1. The molecular formula is C17H25BrN2O. The molecule has 0 aliphatic heterocycles. The molecule has 1 aliphatic carbocycles. The number of amides is 1. The van der Waals surface area contributed by atoms with Crippen LogP contribution >= 0.6 is 15.9 Å². The van der Waals surface area contributed by atoms with E-state index in [0.29, 0.717) is 12.5 Å². The molecule has 4 heteroatoms. The van der Waals surface area contributed by atoms with Gasteiger partial charge in [0.2, 0.25) is 5.91 Å². The highest BCUT2D eigenvalue weighted by Crippen LogP contribution is 2.20. The van der Waals surface area contributed by atoms with Crippen molar-refractivity contribution >= 4 is 27.5 Å². The van der Waals surface area contributed by atoms with Gasteiger partial charge in [-0.1, -0.05) is 41.6 Å². The van der Waals surface area contributed by atoms with Gasteiger partial charge in [0, 0.05) is 29.2 Å². The number of rotatable bonds is 5. The Morgan fingerprint density at radius 2 is 1.95 bits per heavy atom. The molecule has 0 aromatic heterocycles. The zero-order valence-corrected chi connectivity index (χ0v) is 14.3. The summed E-state index contributed by atoms with van der Waals surface area (Å²) in [7, 11) is 0. The molecule has 116 valence electrons. The molecule has 2 N–H and O–H groups in total. The zero-order valence-electron chi connectivity index (χ0n) is 12.8. The average molecular weight is 353 g/mol. The molecule has 0 saturated heterocycles. The van der Waals surface area contributed by atoms with E-state index in [1.165, 1.54) is 38.5 Å². The molecule has 1 saturated carbocycles. The van der Waals surface area contributed by atoms with E-state index in [4.69, 9.17) is 0 Å². The number of halogens is 1. The first-order chi connectivity index (χ1) is 10.1. The third kappa shape index (κ3) is 5.79. The van der Waals surface area contributed by atoms with Crippen molar-refractivity contribution in [1.29, 1.82) is 0 Å². The molecule has 0 bridgehead atoms. The summed E-state index contributed by atoms with van der Waals surface area (Å²) in [6.07, 6.45) is 8.42. The second kappa shape index (κ2) is 8.54. The van der Waals surface area contributed by atoms with Gasteiger partial charge in [-0.05, 0) is 43.5 Å². The summed E-state index contributed by atoms with van der Waals surface area (Å²) in [5.74, 6) is 0.0813. The normalized spacial score (nSPS) is 16.5. The quantitative estimate of drug-likeness (QED) is 0.771. The molecule has 3 nitrogen and oxygen atoms in total. The molecule has 1 aliphatic rings. The molecule has 0 unspecified atom stereocenters. The standard InChI is InChI=1S/C17H25BrN2O/c1-13-12-15(8-9-16(13)18)20-17(21)10-11-19-14-6-4-2-3-5-7-14/h8-9,12,14,19H,2-7,10-11H2,1H3,(H,20,21). The molecule has 1 aromatic carbocycles. The Morgan fingerprint density at radius 3 is 2.62 bits per heavy atom. The number of hydrogen-bond donors (Lipinski definition) is 2. The minimum Gasteiger partial charge on any atom is -0.326 e. The zero-order chi connectivity index (χ0) is 15.1. The Labute approximate surface area is 136 Å². The molecule has 1 fully saturated rings. The second-order valence-electron chi connectivity index (χ2n) is 5.90. The molecule has 1 amide bonds. The van der Waals surface area contributed by atoms with Crippen LogP contribution in [0.25, 0.3) is 0 Å². The van der Waals surface area contributed by atoms with Gasteiger partial charge >= 0.3 is 0 Å². The van der Waals surface area contributed by atoms with Crippen molar-refractivity contribution in [2.24, 2.45) is 0 Å². The third-order valence-corrected chi connectivity index (χ3v) is 4.97. The van der Waals surface area contributed by atoms with Gasteiger partial charge in [-0.15, -0.1) is 0 Å². The van der Waals surface area contributed by atoms with Crippen LogP contribution in [0.5, 0.6) is 0 Å². The van der Waals surface area contributed by atoms with Crippen LogP contribution in [-0.2, 0) is 4.79 Å². The van der Waals surface area contributed by atoms with Crippen LogP contribution in [0.2, 0.25) is 0 Å². The van der Waals surface area contributed by atoms with Crippen molar-refractivity contribution in [2.75, 3.05) is 11.9 Å².